The van der Waals surface area contributed by atoms with Crippen molar-refractivity contribution in [2.24, 2.45) is 5.92 Å². The van der Waals surface area contributed by atoms with Gasteiger partial charge in [0.25, 0.3) is 0 Å². The fraction of sp³-hybridized carbons (Fsp3) is 0.632. The molecule has 0 atom stereocenters. The molecule has 3 rings (SSSR count). The number of hydrogen-bond acceptors (Lipinski definition) is 6. The summed E-state index contributed by atoms with van der Waals surface area (Å²) in [6.07, 6.45) is 6.16. The first-order chi connectivity index (χ1) is 12.2. The Morgan fingerprint density at radius 3 is 2.84 bits per heavy atom. The second-order valence-corrected chi connectivity index (χ2v) is 7.14. The van der Waals surface area contributed by atoms with Crippen molar-refractivity contribution in [3.8, 4) is 0 Å². The third-order valence-corrected chi connectivity index (χ3v) is 4.54. The van der Waals surface area contributed by atoms with Crippen LogP contribution in [0.15, 0.2) is 28.9 Å². The SMILES string of the molecule is CC(C)CCc1noc(CN2CCC(OCc3ccccn3)CC2)n1. The minimum Gasteiger partial charge on any atom is -0.372 e. The van der Waals surface area contributed by atoms with E-state index in [1.807, 2.05) is 18.2 Å². The number of hydrogen-bond donors (Lipinski definition) is 0. The number of nitrogens with zero attached hydrogens (tertiary/aromatic N) is 4. The summed E-state index contributed by atoms with van der Waals surface area (Å²) in [6, 6.07) is 5.92. The van der Waals surface area contributed by atoms with E-state index in [4.69, 9.17) is 9.26 Å². The van der Waals surface area contributed by atoms with Crippen molar-refractivity contribution in [1.29, 1.82) is 0 Å². The van der Waals surface area contributed by atoms with E-state index in [-0.39, 0.29) is 0 Å². The molecule has 2 aromatic rings. The molecule has 6 heteroatoms. The summed E-state index contributed by atoms with van der Waals surface area (Å²) < 4.78 is 11.4. The van der Waals surface area contributed by atoms with Gasteiger partial charge in [-0.05, 0) is 37.3 Å². The van der Waals surface area contributed by atoms with Gasteiger partial charge in [-0.15, -0.1) is 0 Å². The van der Waals surface area contributed by atoms with E-state index in [0.29, 0.717) is 18.6 Å². The molecule has 0 saturated carbocycles. The maximum Gasteiger partial charge on any atom is 0.240 e. The van der Waals surface area contributed by atoms with Crippen molar-refractivity contribution >= 4 is 0 Å². The fourth-order valence-electron chi connectivity index (χ4n) is 2.99. The molecule has 0 N–H and O–H groups in total. The monoisotopic (exact) mass is 344 g/mol. The molecule has 0 bridgehead atoms. The van der Waals surface area contributed by atoms with Crippen molar-refractivity contribution in [3.63, 3.8) is 0 Å². The zero-order valence-corrected chi connectivity index (χ0v) is 15.2. The van der Waals surface area contributed by atoms with Crippen LogP contribution in [0.5, 0.6) is 0 Å². The number of likely N-dealkylation sites (tertiary alicyclic amines) is 1. The third kappa shape index (κ3) is 5.90. The normalized spacial score (nSPS) is 16.6. The Kier molecular flexibility index (Phi) is 6.53. The van der Waals surface area contributed by atoms with Crippen LogP contribution in [0.25, 0.3) is 0 Å². The van der Waals surface area contributed by atoms with Crippen LogP contribution in [-0.2, 0) is 24.3 Å². The van der Waals surface area contributed by atoms with Crippen LogP contribution < -0.4 is 0 Å². The van der Waals surface area contributed by atoms with Crippen LogP contribution in [0.4, 0.5) is 0 Å². The van der Waals surface area contributed by atoms with Gasteiger partial charge in [-0.2, -0.15) is 4.98 Å². The number of aromatic nitrogens is 3. The molecule has 1 aliphatic rings. The lowest BCUT2D eigenvalue weighted by Crippen LogP contribution is -2.36. The minimum atomic E-state index is 0.308. The van der Waals surface area contributed by atoms with Gasteiger partial charge in [0, 0.05) is 25.7 Å². The highest BCUT2D eigenvalue weighted by atomic mass is 16.5. The lowest BCUT2D eigenvalue weighted by molar-refractivity contribution is -0.00681. The van der Waals surface area contributed by atoms with Crippen molar-refractivity contribution < 1.29 is 9.26 Å². The van der Waals surface area contributed by atoms with Gasteiger partial charge in [0.15, 0.2) is 5.82 Å². The molecule has 3 heterocycles. The molecule has 1 saturated heterocycles. The Bertz CT molecular complexity index is 621. The fourth-order valence-corrected chi connectivity index (χ4v) is 2.99. The van der Waals surface area contributed by atoms with Crippen molar-refractivity contribution in [2.45, 2.75) is 58.8 Å². The van der Waals surface area contributed by atoms with Crippen LogP contribution >= 0.6 is 0 Å². The summed E-state index contributed by atoms with van der Waals surface area (Å²) in [7, 11) is 0. The third-order valence-electron chi connectivity index (χ3n) is 4.54. The maximum absolute atomic E-state index is 5.99. The Balaban J connectivity index is 1.37. The Hall–Kier alpha value is -1.79. The molecule has 0 amide bonds. The summed E-state index contributed by atoms with van der Waals surface area (Å²) in [4.78, 5) is 11.2. The maximum atomic E-state index is 5.99. The summed E-state index contributed by atoms with van der Waals surface area (Å²) in [5, 5.41) is 4.09. The summed E-state index contributed by atoms with van der Waals surface area (Å²) in [5.74, 6) is 2.22. The van der Waals surface area contributed by atoms with Crippen LogP contribution in [0, 0.1) is 5.92 Å². The molecule has 25 heavy (non-hydrogen) atoms. The van der Waals surface area contributed by atoms with Crippen LogP contribution in [0.3, 0.4) is 0 Å². The van der Waals surface area contributed by atoms with Gasteiger partial charge in [-0.3, -0.25) is 9.88 Å². The van der Waals surface area contributed by atoms with E-state index >= 15 is 0 Å². The lowest BCUT2D eigenvalue weighted by Gasteiger charge is -2.30. The predicted octanol–water partition coefficient (Wildman–Crippen LogP) is 3.23. The number of rotatable bonds is 8. The molecule has 0 radical (unpaired) electrons. The van der Waals surface area contributed by atoms with Crippen molar-refractivity contribution in [1.82, 2.24) is 20.0 Å². The molecule has 136 valence electrons. The molecular weight excluding hydrogens is 316 g/mol. The van der Waals surface area contributed by atoms with E-state index in [1.54, 1.807) is 6.20 Å². The van der Waals surface area contributed by atoms with E-state index in [2.05, 4.69) is 33.9 Å². The Labute approximate surface area is 149 Å². The zero-order chi connectivity index (χ0) is 17.5. The van der Waals surface area contributed by atoms with Gasteiger partial charge < -0.3 is 9.26 Å². The Morgan fingerprint density at radius 2 is 2.12 bits per heavy atom. The second kappa shape index (κ2) is 9.06. The van der Waals surface area contributed by atoms with Gasteiger partial charge >= 0.3 is 0 Å². The van der Waals surface area contributed by atoms with Gasteiger partial charge in [0.05, 0.1) is 24.9 Å². The van der Waals surface area contributed by atoms with E-state index < -0.39 is 0 Å². The van der Waals surface area contributed by atoms with Crippen molar-refractivity contribution in [3.05, 3.63) is 41.8 Å². The van der Waals surface area contributed by atoms with Crippen molar-refractivity contribution in [2.75, 3.05) is 13.1 Å². The lowest BCUT2D eigenvalue weighted by atomic mass is 10.1. The first-order valence-corrected chi connectivity index (χ1v) is 9.24. The molecule has 6 nitrogen and oxygen atoms in total. The number of aryl methyl sites for hydroxylation is 1. The van der Waals surface area contributed by atoms with Gasteiger partial charge in [0.2, 0.25) is 5.89 Å². The highest BCUT2D eigenvalue weighted by Gasteiger charge is 2.21. The van der Waals surface area contributed by atoms with E-state index in [0.717, 1.165) is 62.7 Å². The molecule has 0 unspecified atom stereocenters. The summed E-state index contributed by atoms with van der Waals surface area (Å²) >= 11 is 0. The first kappa shape index (κ1) is 18.0. The highest BCUT2D eigenvalue weighted by molar-refractivity contribution is 5.02. The Morgan fingerprint density at radius 1 is 1.28 bits per heavy atom. The molecule has 2 aromatic heterocycles. The smallest absolute Gasteiger partial charge is 0.240 e. The van der Waals surface area contributed by atoms with Crippen LogP contribution in [-0.4, -0.2) is 39.2 Å². The minimum absolute atomic E-state index is 0.308. The van der Waals surface area contributed by atoms with Gasteiger partial charge in [0.1, 0.15) is 0 Å². The van der Waals surface area contributed by atoms with Crippen LogP contribution in [0.1, 0.15) is 50.5 Å². The quantitative estimate of drug-likeness (QED) is 0.732. The standard InChI is InChI=1S/C19H28N4O2/c1-15(2)6-7-18-21-19(25-22-18)13-23-11-8-17(9-12-23)24-14-16-5-3-4-10-20-16/h3-5,10,15,17H,6-9,11-14H2,1-2H3. The van der Waals surface area contributed by atoms with E-state index in [1.165, 1.54) is 0 Å². The summed E-state index contributed by atoms with van der Waals surface area (Å²) in [6.45, 7) is 7.74. The van der Waals surface area contributed by atoms with Crippen LogP contribution in [0.2, 0.25) is 0 Å². The molecular formula is C19H28N4O2. The second-order valence-electron chi connectivity index (χ2n) is 7.14. The first-order valence-electron chi connectivity index (χ1n) is 9.24. The molecule has 0 aliphatic carbocycles. The molecule has 0 spiro atoms. The number of ether oxygens (including phenoxy) is 1. The van der Waals surface area contributed by atoms with Gasteiger partial charge in [-0.1, -0.05) is 25.1 Å². The predicted molar refractivity (Wildman–Crippen MR) is 94.8 cm³/mol. The van der Waals surface area contributed by atoms with Gasteiger partial charge in [-0.25, -0.2) is 0 Å². The highest BCUT2D eigenvalue weighted by Crippen LogP contribution is 2.17. The number of piperidine rings is 1. The molecule has 1 aliphatic heterocycles. The average molecular weight is 344 g/mol. The molecule has 1 fully saturated rings. The summed E-state index contributed by atoms with van der Waals surface area (Å²) in [5.41, 5.74) is 0.990. The average Bonchev–Trinajstić information content (AvgIpc) is 3.08. The largest absolute Gasteiger partial charge is 0.372 e. The molecule has 0 aromatic carbocycles. The zero-order valence-electron chi connectivity index (χ0n) is 15.2. The number of pyridine rings is 1. The van der Waals surface area contributed by atoms with E-state index in [9.17, 15) is 0 Å². The topological polar surface area (TPSA) is 64.3 Å².